The average Bonchev–Trinajstić information content (AvgIpc) is 2.83. The van der Waals surface area contributed by atoms with Crippen LogP contribution in [0.3, 0.4) is 0 Å². The van der Waals surface area contributed by atoms with Crippen molar-refractivity contribution in [2.45, 2.75) is 45.6 Å². The Labute approximate surface area is 96.3 Å². The first kappa shape index (κ1) is 11.6. The number of halogens is 1. The predicted molar refractivity (Wildman–Crippen MR) is 62.8 cm³/mol. The highest BCUT2D eigenvalue weighted by Crippen LogP contribution is 2.42. The molecule has 1 aliphatic carbocycles. The average molecular weight is 222 g/mol. The van der Waals surface area contributed by atoms with E-state index in [9.17, 15) is 9.50 Å². The van der Waals surface area contributed by atoms with Crippen molar-refractivity contribution in [3.8, 4) is 0 Å². The monoisotopic (exact) mass is 222 g/mol. The van der Waals surface area contributed by atoms with Gasteiger partial charge < -0.3 is 5.11 Å². The molecule has 1 saturated carbocycles. The molecule has 16 heavy (non-hydrogen) atoms. The number of aryl methyl sites for hydroxylation is 2. The molecule has 88 valence electrons. The van der Waals surface area contributed by atoms with Gasteiger partial charge in [0.1, 0.15) is 5.82 Å². The molecule has 0 radical (unpaired) electrons. The van der Waals surface area contributed by atoms with Crippen molar-refractivity contribution in [1.29, 1.82) is 0 Å². The van der Waals surface area contributed by atoms with E-state index < -0.39 is 5.60 Å². The third-order valence-corrected chi connectivity index (χ3v) is 3.35. The lowest BCUT2D eigenvalue weighted by molar-refractivity contribution is 0.0375. The molecule has 0 heterocycles. The molecule has 1 aromatic carbocycles. The lowest BCUT2D eigenvalue weighted by Gasteiger charge is -2.26. The number of aliphatic hydroxyl groups is 1. The van der Waals surface area contributed by atoms with Crippen LogP contribution in [0.4, 0.5) is 4.39 Å². The molecule has 0 amide bonds. The fourth-order valence-electron chi connectivity index (χ4n) is 2.58. The molecule has 0 saturated heterocycles. The first-order chi connectivity index (χ1) is 7.40. The van der Waals surface area contributed by atoms with Crippen molar-refractivity contribution in [3.05, 3.63) is 34.6 Å². The molecule has 1 atom stereocenters. The standard InChI is InChI=1S/C14H19FO/c1-9-6-10(2)13(12(15)7-9)14(3,16)8-11-4-5-11/h6-7,11,16H,4-5,8H2,1-3H3. The predicted octanol–water partition coefficient (Wildman–Crippen LogP) is 3.45. The van der Waals surface area contributed by atoms with E-state index >= 15 is 0 Å². The van der Waals surface area contributed by atoms with Gasteiger partial charge in [-0.25, -0.2) is 4.39 Å². The van der Waals surface area contributed by atoms with Gasteiger partial charge in [-0.2, -0.15) is 0 Å². The second-order valence-corrected chi connectivity index (χ2v) is 5.36. The van der Waals surface area contributed by atoms with Gasteiger partial charge in [-0.15, -0.1) is 0 Å². The van der Waals surface area contributed by atoms with E-state index in [1.165, 1.54) is 18.9 Å². The topological polar surface area (TPSA) is 20.2 Å². The Morgan fingerprint density at radius 3 is 2.50 bits per heavy atom. The Morgan fingerprint density at radius 1 is 1.38 bits per heavy atom. The Balaban J connectivity index is 2.37. The molecule has 1 fully saturated rings. The van der Waals surface area contributed by atoms with Crippen molar-refractivity contribution in [2.24, 2.45) is 5.92 Å². The molecule has 0 spiro atoms. The van der Waals surface area contributed by atoms with E-state index in [0.717, 1.165) is 11.1 Å². The van der Waals surface area contributed by atoms with Gasteiger partial charge >= 0.3 is 0 Å². The summed E-state index contributed by atoms with van der Waals surface area (Å²) in [7, 11) is 0. The zero-order valence-electron chi connectivity index (χ0n) is 10.2. The molecule has 0 aromatic heterocycles. The van der Waals surface area contributed by atoms with Crippen molar-refractivity contribution in [2.75, 3.05) is 0 Å². The van der Waals surface area contributed by atoms with Crippen LogP contribution in [0.1, 0.15) is 42.9 Å². The van der Waals surface area contributed by atoms with Crippen LogP contribution in [-0.2, 0) is 5.60 Å². The highest BCUT2D eigenvalue weighted by molar-refractivity contribution is 5.36. The molecule has 1 aliphatic rings. The lowest BCUT2D eigenvalue weighted by Crippen LogP contribution is -2.25. The summed E-state index contributed by atoms with van der Waals surface area (Å²) in [5.74, 6) is 0.304. The third kappa shape index (κ3) is 2.27. The Morgan fingerprint density at radius 2 is 2.00 bits per heavy atom. The van der Waals surface area contributed by atoms with E-state index in [4.69, 9.17) is 0 Å². The lowest BCUT2D eigenvalue weighted by atomic mass is 9.86. The van der Waals surface area contributed by atoms with Crippen LogP contribution in [-0.4, -0.2) is 5.11 Å². The van der Waals surface area contributed by atoms with Crippen molar-refractivity contribution >= 4 is 0 Å². The zero-order chi connectivity index (χ0) is 11.9. The molecule has 0 aliphatic heterocycles. The molecule has 1 nitrogen and oxygen atoms in total. The van der Waals surface area contributed by atoms with Crippen molar-refractivity contribution in [1.82, 2.24) is 0 Å². The first-order valence-electron chi connectivity index (χ1n) is 5.90. The summed E-state index contributed by atoms with van der Waals surface area (Å²) >= 11 is 0. The zero-order valence-corrected chi connectivity index (χ0v) is 10.2. The minimum Gasteiger partial charge on any atom is -0.385 e. The van der Waals surface area contributed by atoms with Crippen LogP contribution in [0, 0.1) is 25.6 Å². The summed E-state index contributed by atoms with van der Waals surface area (Å²) in [4.78, 5) is 0. The summed E-state index contributed by atoms with van der Waals surface area (Å²) in [6, 6.07) is 3.43. The molecule has 1 N–H and O–H groups in total. The first-order valence-corrected chi connectivity index (χ1v) is 5.90. The third-order valence-electron chi connectivity index (χ3n) is 3.35. The molecule has 1 unspecified atom stereocenters. The van der Waals surface area contributed by atoms with E-state index in [1.54, 1.807) is 6.92 Å². The van der Waals surface area contributed by atoms with Crippen LogP contribution in [0.5, 0.6) is 0 Å². The van der Waals surface area contributed by atoms with E-state index in [-0.39, 0.29) is 5.82 Å². The van der Waals surface area contributed by atoms with Crippen LogP contribution in [0.2, 0.25) is 0 Å². The second-order valence-electron chi connectivity index (χ2n) is 5.36. The van der Waals surface area contributed by atoms with Crippen LogP contribution < -0.4 is 0 Å². The SMILES string of the molecule is Cc1cc(C)c(C(C)(O)CC2CC2)c(F)c1. The van der Waals surface area contributed by atoms with Crippen LogP contribution in [0.15, 0.2) is 12.1 Å². The van der Waals surface area contributed by atoms with E-state index in [1.807, 2.05) is 19.9 Å². The highest BCUT2D eigenvalue weighted by atomic mass is 19.1. The summed E-state index contributed by atoms with van der Waals surface area (Å²) in [6.45, 7) is 5.47. The molecule has 0 bridgehead atoms. The Hall–Kier alpha value is -0.890. The smallest absolute Gasteiger partial charge is 0.129 e. The van der Waals surface area contributed by atoms with E-state index in [2.05, 4.69) is 0 Å². The van der Waals surface area contributed by atoms with Crippen LogP contribution >= 0.6 is 0 Å². The quantitative estimate of drug-likeness (QED) is 0.830. The molecular weight excluding hydrogens is 203 g/mol. The maximum Gasteiger partial charge on any atom is 0.129 e. The Bertz CT molecular complexity index is 382. The van der Waals surface area contributed by atoms with Gasteiger partial charge in [0.2, 0.25) is 0 Å². The molecule has 2 heteroatoms. The van der Waals surface area contributed by atoms with Crippen molar-refractivity contribution in [3.63, 3.8) is 0 Å². The summed E-state index contributed by atoms with van der Waals surface area (Å²) in [5.41, 5.74) is 1.21. The summed E-state index contributed by atoms with van der Waals surface area (Å²) in [6.07, 6.45) is 3.01. The molecular formula is C14H19FO. The van der Waals surface area contributed by atoms with Crippen LogP contribution in [0.25, 0.3) is 0 Å². The Kier molecular flexibility index (Phi) is 2.79. The van der Waals surface area contributed by atoms with Crippen molar-refractivity contribution < 1.29 is 9.50 Å². The summed E-state index contributed by atoms with van der Waals surface area (Å²) in [5, 5.41) is 10.4. The molecule has 2 rings (SSSR count). The van der Waals surface area contributed by atoms with Gasteiger partial charge in [0.25, 0.3) is 0 Å². The fourth-order valence-corrected chi connectivity index (χ4v) is 2.58. The maximum atomic E-state index is 13.9. The summed E-state index contributed by atoms with van der Waals surface area (Å²) < 4.78 is 13.9. The largest absolute Gasteiger partial charge is 0.385 e. The number of hydrogen-bond donors (Lipinski definition) is 1. The van der Waals surface area contributed by atoms with Gasteiger partial charge in [0.15, 0.2) is 0 Å². The number of benzene rings is 1. The van der Waals surface area contributed by atoms with Gasteiger partial charge in [-0.1, -0.05) is 18.9 Å². The van der Waals surface area contributed by atoms with E-state index in [0.29, 0.717) is 17.9 Å². The number of hydrogen-bond acceptors (Lipinski definition) is 1. The maximum absolute atomic E-state index is 13.9. The minimum atomic E-state index is -1.02. The second kappa shape index (κ2) is 3.85. The fraction of sp³-hybridized carbons (Fsp3) is 0.571. The minimum absolute atomic E-state index is 0.275. The highest BCUT2D eigenvalue weighted by Gasteiger charge is 2.35. The van der Waals surface area contributed by atoms with Gasteiger partial charge in [0.05, 0.1) is 5.60 Å². The molecule has 1 aromatic rings. The van der Waals surface area contributed by atoms with Gasteiger partial charge in [-0.05, 0) is 50.3 Å². The number of rotatable bonds is 3. The normalized spacial score (nSPS) is 19.6. The van der Waals surface area contributed by atoms with Gasteiger partial charge in [-0.3, -0.25) is 0 Å². The van der Waals surface area contributed by atoms with Gasteiger partial charge in [0, 0.05) is 5.56 Å².